The predicted molar refractivity (Wildman–Crippen MR) is 75.9 cm³/mol. The lowest BCUT2D eigenvalue weighted by molar-refractivity contribution is 0.282. The van der Waals surface area contributed by atoms with E-state index in [1.54, 1.807) is 6.20 Å². The zero-order valence-corrected chi connectivity index (χ0v) is 12.4. The lowest BCUT2D eigenvalue weighted by Crippen LogP contribution is -2.26. The summed E-state index contributed by atoms with van der Waals surface area (Å²) in [5.41, 5.74) is 0.592. The number of aliphatic hydroxyl groups excluding tert-OH is 1. The van der Waals surface area contributed by atoms with Gasteiger partial charge in [-0.15, -0.1) is 0 Å². The number of nitrogens with one attached hydrogen (secondary N) is 1. The summed E-state index contributed by atoms with van der Waals surface area (Å²) in [5, 5.41) is 16.1. The van der Waals surface area contributed by atoms with E-state index in [4.69, 9.17) is 5.11 Å². The molecule has 0 saturated carbocycles. The Morgan fingerprint density at radius 2 is 2.33 bits per heavy atom. The Bertz CT molecular complexity index is 434. The molecule has 1 unspecified atom stereocenters. The van der Waals surface area contributed by atoms with Gasteiger partial charge in [0, 0.05) is 19.2 Å². The van der Waals surface area contributed by atoms with Gasteiger partial charge in [-0.25, -0.2) is 4.68 Å². The first kappa shape index (κ1) is 15.2. The maximum atomic E-state index is 11.9. The second-order valence-electron chi connectivity index (χ2n) is 4.31. The summed E-state index contributed by atoms with van der Waals surface area (Å²) in [6.45, 7) is 4.83. The Balaban J connectivity index is 2.79. The van der Waals surface area contributed by atoms with E-state index >= 15 is 0 Å². The zero-order chi connectivity index (χ0) is 13.5. The maximum Gasteiger partial charge on any atom is 0.283 e. The predicted octanol–water partition coefficient (Wildman–Crippen LogP) is 1.99. The van der Waals surface area contributed by atoms with Gasteiger partial charge in [-0.2, -0.15) is 5.10 Å². The van der Waals surface area contributed by atoms with E-state index in [1.807, 2.05) is 13.8 Å². The molecule has 6 heteroatoms. The molecule has 1 rings (SSSR count). The van der Waals surface area contributed by atoms with Gasteiger partial charge in [-0.1, -0.05) is 6.92 Å². The first-order valence-electron chi connectivity index (χ1n) is 6.23. The minimum atomic E-state index is -0.115. The second kappa shape index (κ2) is 7.53. The molecule has 0 fully saturated rings. The minimum Gasteiger partial charge on any atom is -0.396 e. The molecule has 0 aliphatic rings. The van der Waals surface area contributed by atoms with Crippen LogP contribution in [0.5, 0.6) is 0 Å². The van der Waals surface area contributed by atoms with Crippen molar-refractivity contribution in [2.24, 2.45) is 0 Å². The largest absolute Gasteiger partial charge is 0.396 e. The molecule has 1 atom stereocenters. The van der Waals surface area contributed by atoms with E-state index in [-0.39, 0.29) is 18.2 Å². The van der Waals surface area contributed by atoms with Crippen LogP contribution in [-0.2, 0) is 6.54 Å². The number of nitrogens with zero attached hydrogens (tertiary/aromatic N) is 2. The van der Waals surface area contributed by atoms with Crippen LogP contribution in [0.1, 0.15) is 33.1 Å². The van der Waals surface area contributed by atoms with Gasteiger partial charge >= 0.3 is 0 Å². The molecule has 0 aliphatic heterocycles. The van der Waals surface area contributed by atoms with Gasteiger partial charge in [0.1, 0.15) is 4.47 Å². The van der Waals surface area contributed by atoms with E-state index in [2.05, 4.69) is 26.3 Å². The van der Waals surface area contributed by atoms with Gasteiger partial charge in [-0.05, 0) is 42.1 Å². The normalized spacial score (nSPS) is 12.4. The average molecular weight is 318 g/mol. The van der Waals surface area contributed by atoms with E-state index in [0.29, 0.717) is 16.7 Å². The number of aryl methyl sites for hydroxylation is 1. The van der Waals surface area contributed by atoms with Crippen LogP contribution in [-0.4, -0.2) is 27.5 Å². The molecule has 5 nitrogen and oxygen atoms in total. The van der Waals surface area contributed by atoms with Crippen LogP contribution in [0.15, 0.2) is 15.5 Å². The van der Waals surface area contributed by atoms with Gasteiger partial charge in [-0.3, -0.25) is 4.79 Å². The lowest BCUT2D eigenvalue weighted by atomic mass is 10.2. The van der Waals surface area contributed by atoms with E-state index in [1.165, 1.54) is 4.68 Å². The molecule has 1 heterocycles. The second-order valence-corrected chi connectivity index (χ2v) is 5.10. The summed E-state index contributed by atoms with van der Waals surface area (Å²) in [7, 11) is 0. The zero-order valence-electron chi connectivity index (χ0n) is 10.8. The molecule has 0 saturated heterocycles. The molecule has 0 bridgehead atoms. The number of aromatic nitrogens is 2. The van der Waals surface area contributed by atoms with Gasteiger partial charge in [0.15, 0.2) is 0 Å². The Hall–Kier alpha value is -0.880. The molecule has 0 aromatic carbocycles. The molecule has 2 N–H and O–H groups in total. The van der Waals surface area contributed by atoms with Crippen LogP contribution in [0.4, 0.5) is 5.69 Å². The van der Waals surface area contributed by atoms with Gasteiger partial charge in [0.25, 0.3) is 5.56 Å². The first-order valence-corrected chi connectivity index (χ1v) is 7.02. The highest BCUT2D eigenvalue weighted by atomic mass is 79.9. The highest BCUT2D eigenvalue weighted by molar-refractivity contribution is 9.10. The van der Waals surface area contributed by atoms with Crippen molar-refractivity contribution < 1.29 is 5.11 Å². The molecule has 0 aliphatic carbocycles. The highest BCUT2D eigenvalue weighted by Crippen LogP contribution is 2.18. The Morgan fingerprint density at radius 1 is 1.61 bits per heavy atom. The Labute approximate surface area is 115 Å². The molecule has 1 aromatic heterocycles. The Kier molecular flexibility index (Phi) is 6.35. The van der Waals surface area contributed by atoms with Gasteiger partial charge in [0.05, 0.1) is 11.9 Å². The third kappa shape index (κ3) is 4.10. The Morgan fingerprint density at radius 3 is 2.94 bits per heavy atom. The van der Waals surface area contributed by atoms with Crippen molar-refractivity contribution in [3.05, 3.63) is 21.0 Å². The monoisotopic (exact) mass is 317 g/mol. The fourth-order valence-electron chi connectivity index (χ4n) is 1.67. The van der Waals surface area contributed by atoms with Crippen molar-refractivity contribution in [3.8, 4) is 0 Å². The lowest BCUT2D eigenvalue weighted by Gasteiger charge is -2.16. The SMILES string of the molecule is CCCn1ncc(NC(C)CCCO)c(Br)c1=O. The van der Waals surface area contributed by atoms with Crippen molar-refractivity contribution in [1.29, 1.82) is 0 Å². The third-order valence-electron chi connectivity index (χ3n) is 2.62. The topological polar surface area (TPSA) is 67.2 Å². The summed E-state index contributed by atoms with van der Waals surface area (Å²) in [5.74, 6) is 0. The fourth-order valence-corrected chi connectivity index (χ4v) is 2.09. The average Bonchev–Trinajstić information content (AvgIpc) is 2.36. The van der Waals surface area contributed by atoms with Crippen molar-refractivity contribution in [3.63, 3.8) is 0 Å². The van der Waals surface area contributed by atoms with Crippen LogP contribution < -0.4 is 10.9 Å². The number of hydrogen-bond acceptors (Lipinski definition) is 4. The van der Waals surface area contributed by atoms with Gasteiger partial charge in [0.2, 0.25) is 0 Å². The number of hydrogen-bond donors (Lipinski definition) is 2. The number of aliphatic hydroxyl groups is 1. The molecule has 18 heavy (non-hydrogen) atoms. The molecular weight excluding hydrogens is 298 g/mol. The summed E-state index contributed by atoms with van der Waals surface area (Å²) >= 11 is 3.31. The van der Waals surface area contributed by atoms with Crippen LogP contribution in [0, 0.1) is 0 Å². The minimum absolute atomic E-state index is 0.115. The number of rotatable bonds is 7. The summed E-state index contributed by atoms with van der Waals surface area (Å²) in [4.78, 5) is 11.9. The van der Waals surface area contributed by atoms with Crippen LogP contribution >= 0.6 is 15.9 Å². The maximum absolute atomic E-state index is 11.9. The van der Waals surface area contributed by atoms with E-state index in [9.17, 15) is 4.79 Å². The molecule has 0 amide bonds. The highest BCUT2D eigenvalue weighted by Gasteiger charge is 2.10. The molecule has 0 spiro atoms. The first-order chi connectivity index (χ1) is 8.60. The fraction of sp³-hybridized carbons (Fsp3) is 0.667. The van der Waals surface area contributed by atoms with Crippen LogP contribution in [0.3, 0.4) is 0 Å². The van der Waals surface area contributed by atoms with Crippen LogP contribution in [0.2, 0.25) is 0 Å². The summed E-state index contributed by atoms with van der Waals surface area (Å²) < 4.78 is 1.97. The standard InChI is InChI=1S/C12H20BrN3O2/c1-3-6-16-12(18)11(13)10(8-14-16)15-9(2)5-4-7-17/h8-9,15,17H,3-7H2,1-2H3. The molecule has 102 valence electrons. The van der Waals surface area contributed by atoms with Crippen molar-refractivity contribution in [1.82, 2.24) is 9.78 Å². The molecule has 1 aromatic rings. The number of halogens is 1. The van der Waals surface area contributed by atoms with Crippen molar-refractivity contribution in [2.45, 2.75) is 45.7 Å². The summed E-state index contributed by atoms with van der Waals surface area (Å²) in [6.07, 6.45) is 4.13. The third-order valence-corrected chi connectivity index (χ3v) is 3.38. The molecule has 0 radical (unpaired) electrons. The summed E-state index contributed by atoms with van der Waals surface area (Å²) in [6, 6.07) is 0.191. The number of anilines is 1. The van der Waals surface area contributed by atoms with Crippen molar-refractivity contribution in [2.75, 3.05) is 11.9 Å². The molecular formula is C12H20BrN3O2. The van der Waals surface area contributed by atoms with E-state index in [0.717, 1.165) is 19.3 Å². The quantitative estimate of drug-likeness (QED) is 0.807. The van der Waals surface area contributed by atoms with Crippen LogP contribution in [0.25, 0.3) is 0 Å². The smallest absolute Gasteiger partial charge is 0.283 e. The van der Waals surface area contributed by atoms with E-state index < -0.39 is 0 Å². The van der Waals surface area contributed by atoms with Crippen molar-refractivity contribution >= 4 is 21.6 Å². The van der Waals surface area contributed by atoms with Gasteiger partial charge < -0.3 is 10.4 Å².